The number of benzene rings is 1. The van der Waals surface area contributed by atoms with Crippen LogP contribution in [0.2, 0.25) is 5.02 Å². The molecule has 146 valence electrons. The molecule has 0 saturated carbocycles. The lowest BCUT2D eigenvalue weighted by Crippen LogP contribution is -2.06. The van der Waals surface area contributed by atoms with Crippen LogP contribution in [0.15, 0.2) is 36.5 Å². The molecule has 1 heterocycles. The lowest BCUT2D eigenvalue weighted by molar-refractivity contribution is -0.137. The van der Waals surface area contributed by atoms with Crippen LogP contribution in [0.25, 0.3) is 6.08 Å². The average Bonchev–Trinajstić information content (AvgIpc) is 2.62. The van der Waals surface area contributed by atoms with Gasteiger partial charge in [-0.15, -0.1) is 0 Å². The third kappa shape index (κ3) is 6.13. The molecule has 2 rings (SSSR count). The number of methoxy groups -OCH3 is 1. The Morgan fingerprint density at radius 3 is 2.63 bits per heavy atom. The van der Waals surface area contributed by atoms with Gasteiger partial charge in [0.1, 0.15) is 23.1 Å². The van der Waals surface area contributed by atoms with Crippen LogP contribution in [0.3, 0.4) is 0 Å². The molecule has 2 N–H and O–H groups in total. The summed E-state index contributed by atoms with van der Waals surface area (Å²) in [5.41, 5.74) is 5.14. The van der Waals surface area contributed by atoms with E-state index in [2.05, 4.69) is 4.98 Å². The number of rotatable bonds is 8. The van der Waals surface area contributed by atoms with E-state index in [0.29, 0.717) is 43.0 Å². The molecule has 0 fully saturated rings. The summed E-state index contributed by atoms with van der Waals surface area (Å²) in [7, 11) is 1.55. The van der Waals surface area contributed by atoms with Gasteiger partial charge in [-0.1, -0.05) is 23.8 Å². The number of alkyl halides is 3. The fraction of sp³-hybridized carbons (Fsp3) is 0.278. The van der Waals surface area contributed by atoms with Crippen molar-refractivity contribution < 1.29 is 27.4 Å². The van der Waals surface area contributed by atoms with Gasteiger partial charge in [-0.05, 0) is 18.2 Å². The Hall–Kier alpha value is -2.29. The van der Waals surface area contributed by atoms with E-state index >= 15 is 0 Å². The fourth-order valence-electron chi connectivity index (χ4n) is 2.03. The smallest absolute Gasteiger partial charge is 0.417 e. The van der Waals surface area contributed by atoms with E-state index in [9.17, 15) is 13.2 Å². The monoisotopic (exact) mass is 402 g/mol. The third-order valence-corrected chi connectivity index (χ3v) is 3.59. The zero-order valence-corrected chi connectivity index (χ0v) is 15.2. The number of ether oxygens (including phenoxy) is 3. The molecular formula is C18H18ClF3N2O3. The number of nitrogens with two attached hydrogens (primary N) is 1. The minimum Gasteiger partial charge on any atom is -0.491 e. The maximum absolute atomic E-state index is 12.7. The molecule has 5 nitrogen and oxygen atoms in total. The Morgan fingerprint density at radius 2 is 2.00 bits per heavy atom. The molecule has 9 heteroatoms. The van der Waals surface area contributed by atoms with Gasteiger partial charge in [0.2, 0.25) is 5.88 Å². The van der Waals surface area contributed by atoms with Gasteiger partial charge in [-0.25, -0.2) is 4.98 Å². The molecule has 0 aliphatic heterocycles. The maximum Gasteiger partial charge on any atom is 0.417 e. The fourth-order valence-corrected chi connectivity index (χ4v) is 2.23. The predicted molar refractivity (Wildman–Crippen MR) is 96.2 cm³/mol. The molecule has 0 unspecified atom stereocenters. The van der Waals surface area contributed by atoms with E-state index in [1.54, 1.807) is 37.5 Å². The predicted octanol–water partition coefficient (Wildman–Crippen LogP) is 4.54. The Morgan fingerprint density at radius 1 is 1.22 bits per heavy atom. The van der Waals surface area contributed by atoms with Crippen molar-refractivity contribution in [3.05, 3.63) is 52.7 Å². The van der Waals surface area contributed by atoms with E-state index in [1.807, 2.05) is 0 Å². The Balaban J connectivity index is 2.31. The molecule has 0 saturated heterocycles. The SMILES string of the molecule is COCCOc1ccc(C=CCN)c(Oc2ncc(C(F)(F)F)cc2Cl)c1. The van der Waals surface area contributed by atoms with Crippen LogP contribution in [-0.2, 0) is 10.9 Å². The van der Waals surface area contributed by atoms with Crippen LogP contribution in [0.4, 0.5) is 13.2 Å². The van der Waals surface area contributed by atoms with Crippen molar-refractivity contribution in [2.75, 3.05) is 26.9 Å². The molecule has 0 atom stereocenters. The zero-order chi connectivity index (χ0) is 19.9. The lowest BCUT2D eigenvalue weighted by atomic mass is 10.1. The van der Waals surface area contributed by atoms with E-state index in [0.717, 1.165) is 6.07 Å². The van der Waals surface area contributed by atoms with Crippen LogP contribution < -0.4 is 15.2 Å². The molecule has 0 bridgehead atoms. The van der Waals surface area contributed by atoms with Gasteiger partial charge >= 0.3 is 6.18 Å². The first-order valence-corrected chi connectivity index (χ1v) is 8.26. The molecule has 0 spiro atoms. The molecule has 2 aromatic rings. The van der Waals surface area contributed by atoms with Gasteiger partial charge in [-0.2, -0.15) is 13.2 Å². The zero-order valence-electron chi connectivity index (χ0n) is 14.4. The van der Waals surface area contributed by atoms with Crippen molar-refractivity contribution in [1.29, 1.82) is 0 Å². The second-order valence-electron chi connectivity index (χ2n) is 5.29. The summed E-state index contributed by atoms with van der Waals surface area (Å²) < 4.78 is 54.3. The van der Waals surface area contributed by atoms with E-state index < -0.39 is 11.7 Å². The molecule has 1 aromatic carbocycles. The number of hydrogen-bond acceptors (Lipinski definition) is 5. The third-order valence-electron chi connectivity index (χ3n) is 3.32. The number of pyridine rings is 1. The van der Waals surface area contributed by atoms with Crippen molar-refractivity contribution >= 4 is 17.7 Å². The lowest BCUT2D eigenvalue weighted by Gasteiger charge is -2.13. The maximum atomic E-state index is 12.7. The van der Waals surface area contributed by atoms with E-state index in [4.69, 9.17) is 31.5 Å². The van der Waals surface area contributed by atoms with Crippen molar-refractivity contribution in [2.24, 2.45) is 5.73 Å². The molecule has 1 aromatic heterocycles. The molecule has 27 heavy (non-hydrogen) atoms. The van der Waals surface area contributed by atoms with Gasteiger partial charge in [-0.3, -0.25) is 0 Å². The van der Waals surface area contributed by atoms with Crippen LogP contribution in [-0.4, -0.2) is 31.9 Å². The number of halogens is 4. The van der Waals surface area contributed by atoms with E-state index in [1.165, 1.54) is 0 Å². The highest BCUT2D eigenvalue weighted by molar-refractivity contribution is 6.31. The first-order valence-electron chi connectivity index (χ1n) is 7.88. The van der Waals surface area contributed by atoms with Crippen LogP contribution in [0, 0.1) is 0 Å². The molecule has 0 aliphatic carbocycles. The second-order valence-corrected chi connectivity index (χ2v) is 5.70. The van der Waals surface area contributed by atoms with Gasteiger partial charge in [0, 0.05) is 31.5 Å². The largest absolute Gasteiger partial charge is 0.491 e. The molecule has 0 aliphatic rings. The first-order chi connectivity index (χ1) is 12.8. The minimum atomic E-state index is -4.54. The van der Waals surface area contributed by atoms with Crippen LogP contribution in [0.1, 0.15) is 11.1 Å². The van der Waals surface area contributed by atoms with Gasteiger partial charge in [0.15, 0.2) is 0 Å². The normalized spacial score (nSPS) is 11.8. The molecule has 0 amide bonds. The number of aromatic nitrogens is 1. The van der Waals surface area contributed by atoms with Crippen LogP contribution in [0.5, 0.6) is 17.4 Å². The second kappa shape index (κ2) is 9.59. The van der Waals surface area contributed by atoms with Crippen molar-refractivity contribution in [3.63, 3.8) is 0 Å². The summed E-state index contributed by atoms with van der Waals surface area (Å²) in [6, 6.07) is 5.79. The Labute approximate surface area is 159 Å². The Kier molecular flexibility index (Phi) is 7.46. The number of hydrogen-bond donors (Lipinski definition) is 1. The number of nitrogens with zero attached hydrogens (tertiary/aromatic N) is 1. The highest BCUT2D eigenvalue weighted by Gasteiger charge is 2.31. The molecule has 0 radical (unpaired) electrons. The average molecular weight is 403 g/mol. The minimum absolute atomic E-state index is 0.152. The van der Waals surface area contributed by atoms with E-state index in [-0.39, 0.29) is 10.9 Å². The standard InChI is InChI=1S/C18H18ClF3N2O3/c1-25-7-8-26-14-5-4-12(3-2-6-23)16(10-14)27-17-15(19)9-13(11-24-17)18(20,21)22/h2-5,9-11H,6-8,23H2,1H3. The highest BCUT2D eigenvalue weighted by atomic mass is 35.5. The summed E-state index contributed by atoms with van der Waals surface area (Å²) >= 11 is 5.91. The Bertz CT molecular complexity index is 798. The van der Waals surface area contributed by atoms with Gasteiger partial charge < -0.3 is 19.9 Å². The molecular weight excluding hydrogens is 385 g/mol. The summed E-state index contributed by atoms with van der Waals surface area (Å²) in [6.45, 7) is 1.04. The first kappa shape index (κ1) is 21.0. The summed E-state index contributed by atoms with van der Waals surface area (Å²) in [6.07, 6.45) is -0.462. The summed E-state index contributed by atoms with van der Waals surface area (Å²) in [5.74, 6) is 0.653. The van der Waals surface area contributed by atoms with Gasteiger partial charge in [0.05, 0.1) is 12.2 Å². The summed E-state index contributed by atoms with van der Waals surface area (Å²) in [4.78, 5) is 3.68. The quantitative estimate of drug-likeness (QED) is 0.656. The van der Waals surface area contributed by atoms with Crippen LogP contribution >= 0.6 is 11.6 Å². The van der Waals surface area contributed by atoms with Crippen molar-refractivity contribution in [3.8, 4) is 17.4 Å². The van der Waals surface area contributed by atoms with Gasteiger partial charge in [0.25, 0.3) is 0 Å². The van der Waals surface area contributed by atoms with Crippen molar-refractivity contribution in [1.82, 2.24) is 4.98 Å². The summed E-state index contributed by atoms with van der Waals surface area (Å²) in [5, 5.41) is -0.260. The topological polar surface area (TPSA) is 66.6 Å². The highest BCUT2D eigenvalue weighted by Crippen LogP contribution is 2.36. The van der Waals surface area contributed by atoms with Crippen molar-refractivity contribution in [2.45, 2.75) is 6.18 Å².